The molecule has 0 atom stereocenters. The zero-order valence-electron chi connectivity index (χ0n) is 8.70. The molecule has 4 nitrogen and oxygen atoms in total. The van der Waals surface area contributed by atoms with Crippen molar-refractivity contribution in [2.75, 3.05) is 0 Å². The lowest BCUT2D eigenvalue weighted by atomic mass is 10.0. The van der Waals surface area contributed by atoms with Crippen LogP contribution in [0.1, 0.15) is 28.9 Å². The number of carbonyl (C=O) groups is 1. The first-order valence-corrected chi connectivity index (χ1v) is 4.65. The standard InChI is InChI=1S/C10H12F2N2O2/c1-5-9(10(11)12)6(4-13)2-7(14-5)3-8(15)16/h2,10H,3-4,13H2,1H3,(H,15,16). The minimum atomic E-state index is -2.65. The molecule has 0 aliphatic carbocycles. The number of hydrogen-bond donors (Lipinski definition) is 2. The largest absolute Gasteiger partial charge is 0.481 e. The molecule has 1 aromatic heterocycles. The number of rotatable bonds is 4. The van der Waals surface area contributed by atoms with Crippen LogP contribution in [0.25, 0.3) is 0 Å². The summed E-state index contributed by atoms with van der Waals surface area (Å²) >= 11 is 0. The third kappa shape index (κ3) is 2.73. The molecule has 0 fully saturated rings. The number of aryl methyl sites for hydroxylation is 1. The SMILES string of the molecule is Cc1nc(CC(=O)O)cc(CN)c1C(F)F. The summed E-state index contributed by atoms with van der Waals surface area (Å²) in [6.07, 6.45) is -2.94. The third-order valence-electron chi connectivity index (χ3n) is 2.16. The van der Waals surface area contributed by atoms with Crippen molar-refractivity contribution in [3.63, 3.8) is 0 Å². The molecule has 1 heterocycles. The fourth-order valence-corrected chi connectivity index (χ4v) is 1.53. The second-order valence-corrected chi connectivity index (χ2v) is 3.35. The Morgan fingerprint density at radius 2 is 2.25 bits per heavy atom. The zero-order valence-corrected chi connectivity index (χ0v) is 8.70. The minimum absolute atomic E-state index is 0.0599. The lowest BCUT2D eigenvalue weighted by Crippen LogP contribution is -2.10. The Hall–Kier alpha value is -1.56. The van der Waals surface area contributed by atoms with Crippen molar-refractivity contribution in [2.45, 2.75) is 26.3 Å². The summed E-state index contributed by atoms with van der Waals surface area (Å²) in [7, 11) is 0. The Labute approximate surface area is 91.1 Å². The van der Waals surface area contributed by atoms with Crippen molar-refractivity contribution in [1.29, 1.82) is 0 Å². The first kappa shape index (κ1) is 12.5. The molecule has 0 amide bonds. The van der Waals surface area contributed by atoms with Gasteiger partial charge in [0.25, 0.3) is 6.43 Å². The van der Waals surface area contributed by atoms with E-state index in [1.165, 1.54) is 13.0 Å². The number of carboxylic acid groups (broad SMARTS) is 1. The second-order valence-electron chi connectivity index (χ2n) is 3.35. The van der Waals surface area contributed by atoms with Gasteiger partial charge in [-0.15, -0.1) is 0 Å². The normalized spacial score (nSPS) is 10.8. The lowest BCUT2D eigenvalue weighted by molar-refractivity contribution is -0.136. The van der Waals surface area contributed by atoms with Crippen LogP contribution < -0.4 is 5.73 Å². The fraction of sp³-hybridized carbons (Fsp3) is 0.400. The maximum absolute atomic E-state index is 12.7. The molecule has 0 aliphatic heterocycles. The summed E-state index contributed by atoms with van der Waals surface area (Å²) in [5, 5.41) is 8.58. The van der Waals surface area contributed by atoms with Crippen molar-refractivity contribution in [1.82, 2.24) is 4.98 Å². The lowest BCUT2D eigenvalue weighted by Gasteiger charge is -2.11. The van der Waals surface area contributed by atoms with Gasteiger partial charge in [-0.3, -0.25) is 9.78 Å². The molecule has 0 unspecified atom stereocenters. The monoisotopic (exact) mass is 230 g/mol. The zero-order chi connectivity index (χ0) is 12.3. The highest BCUT2D eigenvalue weighted by molar-refractivity contribution is 5.69. The van der Waals surface area contributed by atoms with Gasteiger partial charge in [0.15, 0.2) is 0 Å². The Morgan fingerprint density at radius 3 is 2.69 bits per heavy atom. The van der Waals surface area contributed by atoms with Crippen LogP contribution in [-0.4, -0.2) is 16.1 Å². The first-order chi connectivity index (χ1) is 7.45. The molecule has 3 N–H and O–H groups in total. The topological polar surface area (TPSA) is 76.2 Å². The molecule has 0 saturated heterocycles. The van der Waals surface area contributed by atoms with Gasteiger partial charge in [-0.25, -0.2) is 8.78 Å². The fourth-order valence-electron chi connectivity index (χ4n) is 1.53. The number of halogens is 2. The average molecular weight is 230 g/mol. The number of carboxylic acids is 1. The van der Waals surface area contributed by atoms with Gasteiger partial charge in [-0.1, -0.05) is 0 Å². The van der Waals surface area contributed by atoms with Gasteiger partial charge in [-0.2, -0.15) is 0 Å². The van der Waals surface area contributed by atoms with Gasteiger partial charge in [-0.05, 0) is 18.6 Å². The summed E-state index contributed by atoms with van der Waals surface area (Å²) < 4.78 is 25.3. The summed E-state index contributed by atoms with van der Waals surface area (Å²) in [4.78, 5) is 14.3. The summed E-state index contributed by atoms with van der Waals surface area (Å²) in [5.41, 5.74) is 5.78. The van der Waals surface area contributed by atoms with E-state index in [9.17, 15) is 13.6 Å². The highest BCUT2D eigenvalue weighted by Crippen LogP contribution is 2.26. The Morgan fingerprint density at radius 1 is 1.62 bits per heavy atom. The van der Waals surface area contributed by atoms with E-state index in [2.05, 4.69) is 4.98 Å². The molecular weight excluding hydrogens is 218 g/mol. The van der Waals surface area contributed by atoms with Crippen molar-refractivity contribution in [3.05, 3.63) is 28.6 Å². The van der Waals surface area contributed by atoms with E-state index in [0.29, 0.717) is 0 Å². The Bertz CT molecular complexity index is 408. The molecule has 0 saturated carbocycles. The molecule has 16 heavy (non-hydrogen) atoms. The summed E-state index contributed by atoms with van der Waals surface area (Å²) in [6.45, 7) is 1.36. The highest BCUT2D eigenvalue weighted by Gasteiger charge is 2.18. The average Bonchev–Trinajstić information content (AvgIpc) is 2.14. The molecule has 0 bridgehead atoms. The molecular formula is C10H12F2N2O2. The minimum Gasteiger partial charge on any atom is -0.481 e. The van der Waals surface area contributed by atoms with Gasteiger partial charge in [0, 0.05) is 17.8 Å². The molecule has 6 heteroatoms. The highest BCUT2D eigenvalue weighted by atomic mass is 19.3. The number of aromatic nitrogens is 1. The van der Waals surface area contributed by atoms with Crippen LogP contribution in [0.5, 0.6) is 0 Å². The third-order valence-corrected chi connectivity index (χ3v) is 2.16. The smallest absolute Gasteiger partial charge is 0.309 e. The molecule has 1 rings (SSSR count). The van der Waals surface area contributed by atoms with E-state index in [-0.39, 0.29) is 35.5 Å². The quantitative estimate of drug-likeness (QED) is 0.820. The molecule has 0 aliphatic rings. The predicted molar refractivity (Wildman–Crippen MR) is 53.2 cm³/mol. The van der Waals surface area contributed by atoms with Crippen molar-refractivity contribution < 1.29 is 18.7 Å². The number of nitrogens with zero attached hydrogens (tertiary/aromatic N) is 1. The van der Waals surface area contributed by atoms with Crippen LogP contribution in [-0.2, 0) is 17.8 Å². The maximum atomic E-state index is 12.7. The number of nitrogens with two attached hydrogens (primary N) is 1. The second kappa shape index (κ2) is 4.98. The molecule has 0 aromatic carbocycles. The van der Waals surface area contributed by atoms with E-state index in [0.717, 1.165) is 0 Å². The van der Waals surface area contributed by atoms with Crippen LogP contribution in [0.15, 0.2) is 6.07 Å². The van der Waals surface area contributed by atoms with Gasteiger partial charge in [0.1, 0.15) is 0 Å². The predicted octanol–water partition coefficient (Wildman–Crippen LogP) is 1.41. The summed E-state index contributed by atoms with van der Waals surface area (Å²) in [6, 6.07) is 1.32. The maximum Gasteiger partial charge on any atom is 0.309 e. The van der Waals surface area contributed by atoms with E-state index in [1.807, 2.05) is 0 Å². The molecule has 0 radical (unpaired) electrons. The van der Waals surface area contributed by atoms with Crippen LogP contribution in [0.2, 0.25) is 0 Å². The summed E-state index contributed by atoms with van der Waals surface area (Å²) in [5.74, 6) is -1.06. The Balaban J connectivity index is 3.20. The van der Waals surface area contributed by atoms with Crippen LogP contribution in [0.3, 0.4) is 0 Å². The number of aliphatic carboxylic acids is 1. The van der Waals surface area contributed by atoms with Crippen molar-refractivity contribution in [2.24, 2.45) is 5.73 Å². The molecule has 88 valence electrons. The van der Waals surface area contributed by atoms with Crippen LogP contribution in [0, 0.1) is 6.92 Å². The van der Waals surface area contributed by atoms with E-state index < -0.39 is 12.4 Å². The van der Waals surface area contributed by atoms with Crippen LogP contribution >= 0.6 is 0 Å². The first-order valence-electron chi connectivity index (χ1n) is 4.65. The van der Waals surface area contributed by atoms with E-state index >= 15 is 0 Å². The number of alkyl halides is 2. The molecule has 1 aromatic rings. The molecule has 0 spiro atoms. The Kier molecular flexibility index (Phi) is 3.89. The number of pyridine rings is 1. The van der Waals surface area contributed by atoms with Crippen molar-refractivity contribution >= 4 is 5.97 Å². The van der Waals surface area contributed by atoms with Gasteiger partial charge < -0.3 is 10.8 Å². The number of hydrogen-bond acceptors (Lipinski definition) is 3. The van der Waals surface area contributed by atoms with Gasteiger partial charge in [0.05, 0.1) is 12.1 Å². The van der Waals surface area contributed by atoms with Crippen molar-refractivity contribution in [3.8, 4) is 0 Å². The van der Waals surface area contributed by atoms with E-state index in [4.69, 9.17) is 10.8 Å². The van der Waals surface area contributed by atoms with Gasteiger partial charge in [0.2, 0.25) is 0 Å². The van der Waals surface area contributed by atoms with Gasteiger partial charge >= 0.3 is 5.97 Å². The van der Waals surface area contributed by atoms with E-state index in [1.54, 1.807) is 0 Å². The van der Waals surface area contributed by atoms with Crippen LogP contribution in [0.4, 0.5) is 8.78 Å².